The number of hydrogen-bond acceptors (Lipinski definition) is 6. The summed E-state index contributed by atoms with van der Waals surface area (Å²) < 4.78 is 21.3. The van der Waals surface area contributed by atoms with E-state index < -0.39 is 0 Å². The molecule has 0 spiro atoms. The van der Waals surface area contributed by atoms with Crippen molar-refractivity contribution in [2.75, 3.05) is 31.5 Å². The highest BCUT2D eigenvalue weighted by atomic mass is 35.5. The van der Waals surface area contributed by atoms with Crippen LogP contribution in [0.15, 0.2) is 85.5 Å². The molecule has 0 atom stereocenters. The van der Waals surface area contributed by atoms with Gasteiger partial charge in [-0.25, -0.2) is 14.4 Å². The van der Waals surface area contributed by atoms with Gasteiger partial charge in [0.1, 0.15) is 36.9 Å². The van der Waals surface area contributed by atoms with Gasteiger partial charge < -0.3 is 24.4 Å². The molecule has 2 aromatic heterocycles. The average Bonchev–Trinajstić information content (AvgIpc) is 3.57. The van der Waals surface area contributed by atoms with Crippen molar-refractivity contribution in [1.29, 1.82) is 0 Å². The molecule has 5 aromatic rings. The molecular weight excluding hydrogens is 615 g/mol. The van der Waals surface area contributed by atoms with Crippen molar-refractivity contribution in [3.8, 4) is 16.9 Å². The Morgan fingerprint density at radius 1 is 0.936 bits per heavy atom. The summed E-state index contributed by atoms with van der Waals surface area (Å²) in [6, 6.07) is 20.4. The Labute approximate surface area is 279 Å². The fourth-order valence-electron chi connectivity index (χ4n) is 6.69. The number of hydrogen-bond donors (Lipinski definition) is 1. The molecule has 1 amide bonds. The van der Waals surface area contributed by atoms with Gasteiger partial charge in [-0.2, -0.15) is 0 Å². The summed E-state index contributed by atoms with van der Waals surface area (Å²) in [4.78, 5) is 26.8. The minimum absolute atomic E-state index is 0.173. The Bertz CT molecular complexity index is 1870. The molecular formula is C37H38ClFN6O2. The van der Waals surface area contributed by atoms with Crippen LogP contribution in [0.2, 0.25) is 5.02 Å². The first-order valence-corrected chi connectivity index (χ1v) is 16.7. The number of halogens is 2. The number of rotatable bonds is 9. The second kappa shape index (κ2) is 14.1. The zero-order valence-corrected chi connectivity index (χ0v) is 27.0. The Hall–Kier alpha value is -4.47. The number of anilines is 2. The van der Waals surface area contributed by atoms with E-state index in [1.807, 2.05) is 46.1 Å². The normalized spacial score (nSPS) is 16.0. The second-order valence-corrected chi connectivity index (χ2v) is 12.8. The first kappa shape index (κ1) is 31.1. The van der Waals surface area contributed by atoms with Crippen molar-refractivity contribution < 1.29 is 13.9 Å². The quantitative estimate of drug-likeness (QED) is 0.176. The number of aromatic nitrogens is 3. The molecule has 242 valence electrons. The molecule has 0 aliphatic carbocycles. The zero-order valence-electron chi connectivity index (χ0n) is 26.2. The highest BCUT2D eigenvalue weighted by molar-refractivity contribution is 6.32. The fourth-order valence-corrected chi connectivity index (χ4v) is 6.92. The summed E-state index contributed by atoms with van der Waals surface area (Å²) in [5.74, 6) is 1.01. The van der Waals surface area contributed by atoms with E-state index >= 15 is 0 Å². The van der Waals surface area contributed by atoms with Crippen LogP contribution >= 0.6 is 11.6 Å². The number of fused-ring (bicyclic) bond motifs is 1. The van der Waals surface area contributed by atoms with Gasteiger partial charge in [-0.1, -0.05) is 36.2 Å². The minimum Gasteiger partial charge on any atom is -0.487 e. The van der Waals surface area contributed by atoms with Crippen LogP contribution in [0.25, 0.3) is 22.0 Å². The highest BCUT2D eigenvalue weighted by Crippen LogP contribution is 2.33. The van der Waals surface area contributed by atoms with Crippen molar-refractivity contribution in [3.05, 3.63) is 102 Å². The zero-order chi connectivity index (χ0) is 32.2. The molecule has 4 heterocycles. The van der Waals surface area contributed by atoms with Gasteiger partial charge in [0.25, 0.3) is 0 Å². The van der Waals surface area contributed by atoms with E-state index in [2.05, 4.69) is 26.3 Å². The second-order valence-electron chi connectivity index (χ2n) is 12.4. The van der Waals surface area contributed by atoms with E-state index in [1.54, 1.807) is 24.3 Å². The monoisotopic (exact) mass is 652 g/mol. The van der Waals surface area contributed by atoms with Crippen LogP contribution in [0.1, 0.15) is 37.7 Å². The predicted octanol–water partition coefficient (Wildman–Crippen LogP) is 7.69. The number of carbonyl (C=O) groups excluding carboxylic acids is 1. The van der Waals surface area contributed by atoms with Gasteiger partial charge in [-0.05, 0) is 104 Å². The molecule has 7 rings (SSSR count). The maximum Gasteiger partial charge on any atom is 0.242 e. The molecule has 10 heteroatoms. The topological polar surface area (TPSA) is 75.5 Å². The van der Waals surface area contributed by atoms with Gasteiger partial charge in [-0.15, -0.1) is 0 Å². The number of nitrogens with one attached hydrogen (secondary N) is 1. The first-order chi connectivity index (χ1) is 23.0. The van der Waals surface area contributed by atoms with Crippen LogP contribution in [-0.4, -0.2) is 62.5 Å². The van der Waals surface area contributed by atoms with E-state index in [0.29, 0.717) is 29.2 Å². The summed E-state index contributed by atoms with van der Waals surface area (Å²) in [6.45, 7) is 4.63. The standard InChI is InChI=1S/C37H38ClFN6O2/c38-33-21-30(8-10-35(33)47-24-26-5-4-6-29(39)19-26)42-37-32-20-27(7-9-34(32)40-25-41-37)28-11-16-43(22-28)23-36(46)45-17-12-31(13-18-45)44-14-2-1-3-15-44/h4-11,16,19-22,25,31H,1-3,12-15,17-18,23-24H2,(H,40,41,42). The Balaban J connectivity index is 0.999. The lowest BCUT2D eigenvalue weighted by Gasteiger charge is -2.40. The third-order valence-electron chi connectivity index (χ3n) is 9.24. The summed E-state index contributed by atoms with van der Waals surface area (Å²) in [5.41, 5.74) is 4.28. The van der Waals surface area contributed by atoms with E-state index in [-0.39, 0.29) is 18.3 Å². The van der Waals surface area contributed by atoms with Crippen molar-refractivity contribution >= 4 is 39.9 Å². The Morgan fingerprint density at radius 2 is 1.79 bits per heavy atom. The maximum absolute atomic E-state index is 13.5. The molecule has 2 aliphatic rings. The van der Waals surface area contributed by atoms with Gasteiger partial charge in [0.05, 0.1) is 10.5 Å². The highest BCUT2D eigenvalue weighted by Gasteiger charge is 2.27. The molecule has 3 aromatic carbocycles. The third-order valence-corrected chi connectivity index (χ3v) is 9.53. The molecule has 2 fully saturated rings. The summed E-state index contributed by atoms with van der Waals surface area (Å²) in [6.07, 6.45) is 11.6. The van der Waals surface area contributed by atoms with Gasteiger partial charge in [-0.3, -0.25) is 4.79 Å². The third kappa shape index (κ3) is 7.42. The van der Waals surface area contributed by atoms with Crippen LogP contribution in [0, 0.1) is 5.82 Å². The minimum atomic E-state index is -0.307. The number of ether oxygens (including phenoxy) is 1. The molecule has 1 N–H and O–H groups in total. The van der Waals surface area contributed by atoms with E-state index in [0.717, 1.165) is 59.2 Å². The number of amides is 1. The molecule has 0 radical (unpaired) electrons. The number of carbonyl (C=O) groups is 1. The van der Waals surface area contributed by atoms with Gasteiger partial charge in [0, 0.05) is 42.6 Å². The smallest absolute Gasteiger partial charge is 0.242 e. The van der Waals surface area contributed by atoms with Crippen LogP contribution < -0.4 is 10.1 Å². The van der Waals surface area contributed by atoms with Gasteiger partial charge >= 0.3 is 0 Å². The lowest BCUT2D eigenvalue weighted by Crippen LogP contribution is -2.48. The Morgan fingerprint density at radius 3 is 2.60 bits per heavy atom. The molecule has 0 bridgehead atoms. The molecule has 47 heavy (non-hydrogen) atoms. The molecule has 0 unspecified atom stereocenters. The van der Waals surface area contributed by atoms with Crippen LogP contribution in [-0.2, 0) is 17.9 Å². The molecule has 2 aliphatic heterocycles. The number of benzene rings is 3. The fraction of sp³-hybridized carbons (Fsp3) is 0.324. The maximum atomic E-state index is 13.5. The lowest BCUT2D eigenvalue weighted by atomic mass is 10.00. The van der Waals surface area contributed by atoms with Crippen LogP contribution in [0.5, 0.6) is 5.75 Å². The lowest BCUT2D eigenvalue weighted by molar-refractivity contribution is -0.133. The van der Waals surface area contributed by atoms with Crippen molar-refractivity contribution in [1.82, 2.24) is 24.3 Å². The molecule has 0 saturated carbocycles. The van der Waals surface area contributed by atoms with Crippen LogP contribution in [0.4, 0.5) is 15.9 Å². The summed E-state index contributed by atoms with van der Waals surface area (Å²) >= 11 is 6.54. The number of piperidine rings is 2. The van der Waals surface area contributed by atoms with Gasteiger partial charge in [0.2, 0.25) is 5.91 Å². The Kier molecular flexibility index (Phi) is 9.35. The summed E-state index contributed by atoms with van der Waals surface area (Å²) in [7, 11) is 0. The van der Waals surface area contributed by atoms with Crippen molar-refractivity contribution in [3.63, 3.8) is 0 Å². The first-order valence-electron chi connectivity index (χ1n) is 16.3. The van der Waals surface area contributed by atoms with E-state index in [9.17, 15) is 9.18 Å². The van der Waals surface area contributed by atoms with Crippen molar-refractivity contribution in [2.45, 2.75) is 51.3 Å². The SMILES string of the molecule is O=C(Cn1ccc(-c2ccc3ncnc(Nc4ccc(OCc5cccc(F)c5)c(Cl)c4)c3c2)c1)N1CCC(N2CCCCC2)CC1. The van der Waals surface area contributed by atoms with E-state index in [1.165, 1.54) is 50.8 Å². The largest absolute Gasteiger partial charge is 0.487 e. The van der Waals surface area contributed by atoms with Gasteiger partial charge in [0.15, 0.2) is 0 Å². The van der Waals surface area contributed by atoms with E-state index in [4.69, 9.17) is 16.3 Å². The molecule has 8 nitrogen and oxygen atoms in total. The summed E-state index contributed by atoms with van der Waals surface area (Å²) in [5, 5.41) is 4.65. The number of likely N-dealkylation sites (tertiary alicyclic amines) is 2. The predicted molar refractivity (Wildman–Crippen MR) is 183 cm³/mol. The average molecular weight is 653 g/mol. The molecule has 2 saturated heterocycles. The number of nitrogens with zero attached hydrogens (tertiary/aromatic N) is 5. The van der Waals surface area contributed by atoms with Crippen LogP contribution in [0.3, 0.4) is 0 Å². The van der Waals surface area contributed by atoms with Crippen molar-refractivity contribution in [2.24, 2.45) is 0 Å².